The zero-order chi connectivity index (χ0) is 37.8. The molecule has 0 aliphatic heterocycles. The van der Waals surface area contributed by atoms with Gasteiger partial charge in [0, 0.05) is 40.8 Å². The lowest BCUT2D eigenvalue weighted by Gasteiger charge is -2.33. The Kier molecular flexibility index (Phi) is 9.01. The van der Waals surface area contributed by atoms with Gasteiger partial charge in [-0.2, -0.15) is 0 Å². The first-order valence-electron chi connectivity index (χ1n) is 16.3. The first kappa shape index (κ1) is 35.3. The number of benzene rings is 4. The number of rotatable bonds is 7. The zero-order valence-electron chi connectivity index (χ0n) is 28.3. The van der Waals surface area contributed by atoms with Crippen LogP contribution in [0.3, 0.4) is 0 Å². The standard InChI is InChI=1S/C40H36O12/c1-17(2)4-6-22-27(43)10-8-23(35(22)47)36(48)32-25(21-7-5-19(41)14-29(21)45)12-18(3)13-26(32)33-28(44)11-9-24(37(33)49)40-39(51)38(50)34-30(46)15-20(42)16-31(34)52-40/h4-5,7-11,14-16,18,25,41-47,49,51H,6,12-13H2,1-3H3. The number of carbonyl (C=O) groups excluding carboxylic acids is 1. The predicted molar refractivity (Wildman–Crippen MR) is 191 cm³/mol. The normalized spacial score (nSPS) is 15.9. The Labute approximate surface area is 296 Å². The fraction of sp³-hybridized carbons (Fsp3) is 0.200. The maximum atomic E-state index is 14.8. The Morgan fingerprint density at radius 1 is 0.788 bits per heavy atom. The number of Topliss-reactive ketones (excluding diaryl/α,β-unsaturated/α-hetero) is 1. The number of hydrogen-bond donors (Lipinski definition) is 9. The van der Waals surface area contributed by atoms with Crippen LogP contribution in [-0.4, -0.2) is 51.7 Å². The van der Waals surface area contributed by atoms with E-state index in [9.17, 15) is 55.5 Å². The molecule has 0 amide bonds. The van der Waals surface area contributed by atoms with E-state index in [2.05, 4.69) is 0 Å². The second kappa shape index (κ2) is 13.3. The van der Waals surface area contributed by atoms with Crippen molar-refractivity contribution in [2.45, 2.75) is 46.0 Å². The summed E-state index contributed by atoms with van der Waals surface area (Å²) in [7, 11) is 0. The topological polar surface area (TPSA) is 229 Å². The van der Waals surface area contributed by atoms with Crippen LogP contribution in [0.2, 0.25) is 0 Å². The van der Waals surface area contributed by atoms with Crippen molar-refractivity contribution in [1.29, 1.82) is 0 Å². The average molecular weight is 709 g/mol. The Morgan fingerprint density at radius 2 is 1.48 bits per heavy atom. The Balaban J connectivity index is 1.66. The van der Waals surface area contributed by atoms with Gasteiger partial charge in [-0.3, -0.25) is 9.59 Å². The summed E-state index contributed by atoms with van der Waals surface area (Å²) < 4.78 is 5.73. The SMILES string of the molecule is CC(C)=CCc1c(O)ccc(C(=O)C2=C(c3c(O)ccc(-c4oc5cc(O)cc(O)c5c(=O)c4O)c3O)CC(C)CC2c2ccc(O)cc2O)c1O. The molecule has 6 rings (SSSR count). The fourth-order valence-corrected chi connectivity index (χ4v) is 6.89. The van der Waals surface area contributed by atoms with Crippen molar-refractivity contribution in [2.24, 2.45) is 5.92 Å². The highest BCUT2D eigenvalue weighted by atomic mass is 16.4. The maximum Gasteiger partial charge on any atom is 0.238 e. The minimum absolute atomic E-state index is 0.0324. The number of phenolic OH excluding ortho intramolecular Hbond substituents is 8. The number of fused-ring (bicyclic) bond motifs is 1. The number of aromatic hydroxyl groups is 9. The minimum Gasteiger partial charge on any atom is -0.508 e. The summed E-state index contributed by atoms with van der Waals surface area (Å²) in [5.74, 6) is -7.07. The van der Waals surface area contributed by atoms with Crippen LogP contribution in [0.15, 0.2) is 81.0 Å². The molecule has 52 heavy (non-hydrogen) atoms. The molecular weight excluding hydrogens is 672 g/mol. The van der Waals surface area contributed by atoms with Crippen LogP contribution in [0, 0.1) is 5.92 Å². The lowest BCUT2D eigenvalue weighted by atomic mass is 9.70. The smallest absolute Gasteiger partial charge is 0.238 e. The lowest BCUT2D eigenvalue weighted by molar-refractivity contribution is 0.102. The van der Waals surface area contributed by atoms with Crippen LogP contribution >= 0.6 is 0 Å². The molecular formula is C40H36O12. The molecule has 268 valence electrons. The predicted octanol–water partition coefficient (Wildman–Crippen LogP) is 7.17. The van der Waals surface area contributed by atoms with Crippen molar-refractivity contribution in [3.63, 3.8) is 0 Å². The molecule has 0 bridgehead atoms. The van der Waals surface area contributed by atoms with Crippen molar-refractivity contribution in [2.75, 3.05) is 0 Å². The molecule has 0 radical (unpaired) electrons. The third kappa shape index (κ3) is 6.08. The van der Waals surface area contributed by atoms with E-state index >= 15 is 0 Å². The van der Waals surface area contributed by atoms with Crippen molar-refractivity contribution in [3.8, 4) is 63.1 Å². The van der Waals surface area contributed by atoms with Crippen molar-refractivity contribution < 1.29 is 55.2 Å². The van der Waals surface area contributed by atoms with Gasteiger partial charge in [0.25, 0.3) is 0 Å². The first-order valence-corrected chi connectivity index (χ1v) is 16.3. The highest BCUT2D eigenvalue weighted by Gasteiger charge is 2.38. The van der Waals surface area contributed by atoms with Crippen LogP contribution in [0.5, 0.6) is 51.7 Å². The van der Waals surface area contributed by atoms with Gasteiger partial charge in [0.1, 0.15) is 57.0 Å². The maximum absolute atomic E-state index is 14.8. The molecule has 1 heterocycles. The van der Waals surface area contributed by atoms with E-state index in [1.807, 2.05) is 20.8 Å². The van der Waals surface area contributed by atoms with Gasteiger partial charge in [-0.05, 0) is 74.9 Å². The van der Waals surface area contributed by atoms with Gasteiger partial charge in [0.05, 0.1) is 16.7 Å². The van der Waals surface area contributed by atoms with Gasteiger partial charge >= 0.3 is 0 Å². The Bertz CT molecular complexity index is 2410. The molecule has 12 nitrogen and oxygen atoms in total. The third-order valence-electron chi connectivity index (χ3n) is 9.35. The van der Waals surface area contributed by atoms with Crippen LogP contribution in [0.1, 0.15) is 66.6 Å². The van der Waals surface area contributed by atoms with Crippen molar-refractivity contribution in [3.05, 3.63) is 104 Å². The van der Waals surface area contributed by atoms with E-state index < -0.39 is 62.8 Å². The van der Waals surface area contributed by atoms with E-state index in [0.717, 1.165) is 29.8 Å². The highest BCUT2D eigenvalue weighted by Crippen LogP contribution is 2.53. The molecule has 9 N–H and O–H groups in total. The number of phenols is 8. The van der Waals surface area contributed by atoms with E-state index in [0.29, 0.717) is 0 Å². The van der Waals surface area contributed by atoms with Crippen LogP contribution in [0.4, 0.5) is 0 Å². The van der Waals surface area contributed by atoms with Gasteiger partial charge in [-0.25, -0.2) is 0 Å². The average Bonchev–Trinajstić information content (AvgIpc) is 3.05. The molecule has 4 aromatic carbocycles. The summed E-state index contributed by atoms with van der Waals surface area (Å²) in [6.07, 6.45) is 2.23. The van der Waals surface area contributed by atoms with E-state index in [1.165, 1.54) is 30.3 Å². The highest BCUT2D eigenvalue weighted by molar-refractivity contribution is 6.16. The number of ketones is 1. The summed E-state index contributed by atoms with van der Waals surface area (Å²) in [4.78, 5) is 28.0. The lowest BCUT2D eigenvalue weighted by Crippen LogP contribution is -2.22. The Hall–Kier alpha value is -6.56. The first-order chi connectivity index (χ1) is 24.6. The molecule has 0 fully saturated rings. The zero-order valence-corrected chi connectivity index (χ0v) is 28.3. The molecule has 1 aromatic heterocycles. The quantitative estimate of drug-likeness (QED) is 0.0605. The van der Waals surface area contributed by atoms with E-state index in [1.54, 1.807) is 6.08 Å². The van der Waals surface area contributed by atoms with E-state index in [-0.39, 0.29) is 87.0 Å². The summed E-state index contributed by atoms with van der Waals surface area (Å²) >= 11 is 0. The fourth-order valence-electron chi connectivity index (χ4n) is 6.89. The molecule has 5 aromatic rings. The van der Waals surface area contributed by atoms with Crippen LogP contribution in [0.25, 0.3) is 27.9 Å². The molecule has 0 saturated carbocycles. The Morgan fingerprint density at radius 3 is 2.17 bits per heavy atom. The van der Waals surface area contributed by atoms with Crippen molar-refractivity contribution >= 4 is 22.3 Å². The second-order valence-electron chi connectivity index (χ2n) is 13.3. The molecule has 0 saturated heterocycles. The molecule has 12 heteroatoms. The molecule has 1 aliphatic rings. The molecule has 0 spiro atoms. The molecule has 1 aliphatic carbocycles. The van der Waals surface area contributed by atoms with Crippen LogP contribution in [-0.2, 0) is 6.42 Å². The molecule has 2 atom stereocenters. The van der Waals surface area contributed by atoms with Gasteiger partial charge in [0.2, 0.25) is 11.2 Å². The largest absolute Gasteiger partial charge is 0.508 e. The van der Waals surface area contributed by atoms with Crippen molar-refractivity contribution in [1.82, 2.24) is 0 Å². The number of allylic oxidation sites excluding steroid dienone is 4. The summed E-state index contributed by atoms with van der Waals surface area (Å²) in [6, 6.07) is 10.7. The number of hydrogen-bond acceptors (Lipinski definition) is 12. The van der Waals surface area contributed by atoms with Gasteiger partial charge < -0.3 is 50.4 Å². The number of carbonyl (C=O) groups is 1. The van der Waals surface area contributed by atoms with Crippen LogP contribution < -0.4 is 5.43 Å². The minimum atomic E-state index is -1.07. The summed E-state index contributed by atoms with van der Waals surface area (Å²) in [5, 5.41) is 97.1. The van der Waals surface area contributed by atoms with Gasteiger partial charge in [-0.15, -0.1) is 0 Å². The summed E-state index contributed by atoms with van der Waals surface area (Å²) in [6.45, 7) is 5.52. The third-order valence-corrected chi connectivity index (χ3v) is 9.35. The van der Waals surface area contributed by atoms with Gasteiger partial charge in [-0.1, -0.05) is 24.6 Å². The monoisotopic (exact) mass is 708 g/mol. The second-order valence-corrected chi connectivity index (χ2v) is 13.3. The molecule has 2 unspecified atom stereocenters. The van der Waals surface area contributed by atoms with E-state index in [4.69, 9.17) is 4.42 Å². The summed E-state index contributed by atoms with van der Waals surface area (Å²) in [5.41, 5.74) is -0.839. The van der Waals surface area contributed by atoms with Gasteiger partial charge in [0.15, 0.2) is 11.5 Å².